The average Bonchev–Trinajstić information content (AvgIpc) is 2.64. The van der Waals surface area contributed by atoms with Crippen LogP contribution >= 0.6 is 15.9 Å². The third-order valence-corrected chi connectivity index (χ3v) is 3.69. The number of carboxylic acid groups (broad SMARTS) is 1. The van der Waals surface area contributed by atoms with Gasteiger partial charge in [0.2, 0.25) is 0 Å². The van der Waals surface area contributed by atoms with Crippen molar-refractivity contribution in [3.05, 3.63) is 33.9 Å². The van der Waals surface area contributed by atoms with Crippen LogP contribution in [-0.2, 0) is 11.2 Å². The number of halogens is 1. The molecule has 0 atom stereocenters. The molecule has 0 aliphatic heterocycles. The van der Waals surface area contributed by atoms with Gasteiger partial charge in [0, 0.05) is 28.0 Å². The fraction of sp³-hybridized carbons (Fsp3) is 0.250. The second-order valence-electron chi connectivity index (χ2n) is 3.83. The van der Waals surface area contributed by atoms with Crippen LogP contribution in [0.1, 0.15) is 17.5 Å². The summed E-state index contributed by atoms with van der Waals surface area (Å²) < 4.78 is 1.05. The van der Waals surface area contributed by atoms with Gasteiger partial charge in [0.1, 0.15) is 0 Å². The number of hydrogen-bond donors (Lipinski definition) is 2. The Morgan fingerprint density at radius 3 is 2.94 bits per heavy atom. The molecule has 0 radical (unpaired) electrons. The highest BCUT2D eigenvalue weighted by Gasteiger charge is 2.10. The number of fused-ring (bicyclic) bond motifs is 1. The Labute approximate surface area is 102 Å². The van der Waals surface area contributed by atoms with Crippen LogP contribution in [0.3, 0.4) is 0 Å². The standard InChI is InChI=1S/C12H12BrNO2/c1-7-2-4-9-11(12(7)13)8(6-14-9)3-5-10(15)16/h2,4,6,14H,3,5H2,1H3,(H,15,16). The molecule has 2 rings (SSSR count). The molecule has 1 aromatic carbocycles. The Bertz CT molecular complexity index is 545. The second kappa shape index (κ2) is 4.29. The van der Waals surface area contributed by atoms with E-state index in [1.165, 1.54) is 0 Å². The van der Waals surface area contributed by atoms with Crippen molar-refractivity contribution in [3.8, 4) is 0 Å². The van der Waals surface area contributed by atoms with E-state index >= 15 is 0 Å². The zero-order valence-corrected chi connectivity index (χ0v) is 10.5. The number of carbonyl (C=O) groups is 1. The molecule has 4 heteroatoms. The normalized spacial score (nSPS) is 10.9. The SMILES string of the molecule is Cc1ccc2[nH]cc(CCC(=O)O)c2c1Br. The summed E-state index contributed by atoms with van der Waals surface area (Å²) in [5, 5.41) is 9.78. The Kier molecular flexibility index (Phi) is 3.01. The first kappa shape index (κ1) is 11.2. The first-order valence-corrected chi connectivity index (χ1v) is 5.85. The third kappa shape index (κ3) is 1.97. The zero-order valence-electron chi connectivity index (χ0n) is 8.88. The van der Waals surface area contributed by atoms with Crippen molar-refractivity contribution >= 4 is 32.8 Å². The van der Waals surface area contributed by atoms with Crippen LogP contribution in [0.5, 0.6) is 0 Å². The fourth-order valence-electron chi connectivity index (χ4n) is 1.79. The minimum Gasteiger partial charge on any atom is -0.481 e. The maximum atomic E-state index is 10.6. The zero-order chi connectivity index (χ0) is 11.7. The molecular formula is C12H12BrNO2. The van der Waals surface area contributed by atoms with Crippen LogP contribution in [0, 0.1) is 6.92 Å². The first-order valence-electron chi connectivity index (χ1n) is 5.06. The van der Waals surface area contributed by atoms with E-state index in [1.807, 2.05) is 25.3 Å². The number of aromatic nitrogens is 1. The molecule has 0 amide bonds. The van der Waals surface area contributed by atoms with Gasteiger partial charge in [0.05, 0.1) is 0 Å². The van der Waals surface area contributed by atoms with E-state index in [9.17, 15) is 4.79 Å². The maximum Gasteiger partial charge on any atom is 0.303 e. The maximum absolute atomic E-state index is 10.6. The third-order valence-electron chi connectivity index (χ3n) is 2.67. The van der Waals surface area contributed by atoms with Gasteiger partial charge >= 0.3 is 5.97 Å². The van der Waals surface area contributed by atoms with E-state index in [1.54, 1.807) is 0 Å². The molecule has 0 saturated carbocycles. The lowest BCUT2D eigenvalue weighted by Crippen LogP contribution is -1.96. The van der Waals surface area contributed by atoms with Crippen molar-refractivity contribution in [3.63, 3.8) is 0 Å². The van der Waals surface area contributed by atoms with Gasteiger partial charge in [-0.1, -0.05) is 6.07 Å². The minimum atomic E-state index is -0.766. The number of aromatic amines is 1. The lowest BCUT2D eigenvalue weighted by Gasteiger charge is -2.02. The van der Waals surface area contributed by atoms with Gasteiger partial charge in [0.25, 0.3) is 0 Å². The summed E-state index contributed by atoms with van der Waals surface area (Å²) in [4.78, 5) is 13.7. The largest absolute Gasteiger partial charge is 0.481 e. The number of carboxylic acids is 1. The molecule has 0 unspecified atom stereocenters. The fourth-order valence-corrected chi connectivity index (χ4v) is 2.39. The van der Waals surface area contributed by atoms with E-state index in [2.05, 4.69) is 20.9 Å². The van der Waals surface area contributed by atoms with Gasteiger partial charge in [-0.25, -0.2) is 0 Å². The predicted molar refractivity (Wildman–Crippen MR) is 66.7 cm³/mol. The molecule has 0 aliphatic carbocycles. The average molecular weight is 282 g/mol. The lowest BCUT2D eigenvalue weighted by atomic mass is 10.1. The Balaban J connectivity index is 2.46. The molecule has 2 N–H and O–H groups in total. The number of H-pyrrole nitrogens is 1. The number of hydrogen-bond acceptors (Lipinski definition) is 1. The molecule has 3 nitrogen and oxygen atoms in total. The van der Waals surface area contributed by atoms with Gasteiger partial charge in [-0.2, -0.15) is 0 Å². The van der Waals surface area contributed by atoms with Gasteiger partial charge < -0.3 is 10.1 Å². The molecule has 2 aromatic rings. The summed E-state index contributed by atoms with van der Waals surface area (Å²) >= 11 is 3.55. The minimum absolute atomic E-state index is 0.160. The molecule has 0 saturated heterocycles. The van der Waals surface area contributed by atoms with Crippen molar-refractivity contribution < 1.29 is 9.90 Å². The van der Waals surface area contributed by atoms with E-state index < -0.39 is 5.97 Å². The van der Waals surface area contributed by atoms with E-state index in [4.69, 9.17) is 5.11 Å². The monoisotopic (exact) mass is 281 g/mol. The predicted octanol–water partition coefficient (Wildman–Crippen LogP) is 3.26. The molecule has 0 fully saturated rings. The molecular weight excluding hydrogens is 270 g/mol. The van der Waals surface area contributed by atoms with Crippen LogP contribution in [0.25, 0.3) is 10.9 Å². The van der Waals surface area contributed by atoms with E-state index in [0.717, 1.165) is 26.5 Å². The summed E-state index contributed by atoms with van der Waals surface area (Å²) in [6, 6.07) is 4.05. The highest BCUT2D eigenvalue weighted by atomic mass is 79.9. The van der Waals surface area contributed by atoms with Gasteiger partial charge in [-0.3, -0.25) is 4.79 Å². The number of rotatable bonds is 3. The van der Waals surface area contributed by atoms with Crippen molar-refractivity contribution in [1.29, 1.82) is 0 Å². The number of benzene rings is 1. The molecule has 0 bridgehead atoms. The van der Waals surface area contributed by atoms with Crippen LogP contribution in [0.2, 0.25) is 0 Å². The van der Waals surface area contributed by atoms with Crippen LogP contribution in [0.4, 0.5) is 0 Å². The van der Waals surface area contributed by atoms with Crippen molar-refractivity contribution in [2.45, 2.75) is 19.8 Å². The molecule has 0 aliphatic rings. The van der Waals surface area contributed by atoms with Crippen LogP contribution in [-0.4, -0.2) is 16.1 Å². The van der Waals surface area contributed by atoms with Gasteiger partial charge in [-0.15, -0.1) is 0 Å². The molecule has 1 heterocycles. The molecule has 16 heavy (non-hydrogen) atoms. The Hall–Kier alpha value is -1.29. The number of aryl methyl sites for hydroxylation is 2. The number of aliphatic carboxylic acids is 1. The van der Waals surface area contributed by atoms with Gasteiger partial charge in [0.15, 0.2) is 0 Å². The first-order chi connectivity index (χ1) is 7.59. The number of nitrogens with one attached hydrogen (secondary N) is 1. The second-order valence-corrected chi connectivity index (χ2v) is 4.62. The smallest absolute Gasteiger partial charge is 0.303 e. The topological polar surface area (TPSA) is 53.1 Å². The highest BCUT2D eigenvalue weighted by molar-refractivity contribution is 9.10. The summed E-state index contributed by atoms with van der Waals surface area (Å²) in [7, 11) is 0. The molecule has 84 valence electrons. The van der Waals surface area contributed by atoms with Crippen molar-refractivity contribution in [1.82, 2.24) is 4.98 Å². The Morgan fingerprint density at radius 1 is 1.50 bits per heavy atom. The quantitative estimate of drug-likeness (QED) is 0.907. The summed E-state index contributed by atoms with van der Waals surface area (Å²) in [5.41, 5.74) is 3.24. The lowest BCUT2D eigenvalue weighted by molar-refractivity contribution is -0.136. The summed E-state index contributed by atoms with van der Waals surface area (Å²) in [6.45, 7) is 2.03. The van der Waals surface area contributed by atoms with Crippen molar-refractivity contribution in [2.24, 2.45) is 0 Å². The van der Waals surface area contributed by atoms with E-state index in [0.29, 0.717) is 6.42 Å². The summed E-state index contributed by atoms with van der Waals surface area (Å²) in [5.74, 6) is -0.766. The Morgan fingerprint density at radius 2 is 2.25 bits per heavy atom. The summed E-state index contributed by atoms with van der Waals surface area (Å²) in [6.07, 6.45) is 2.60. The van der Waals surface area contributed by atoms with Crippen LogP contribution < -0.4 is 0 Å². The molecule has 1 aromatic heterocycles. The van der Waals surface area contributed by atoms with Gasteiger partial charge in [-0.05, 0) is 46.5 Å². The van der Waals surface area contributed by atoms with E-state index in [-0.39, 0.29) is 6.42 Å². The van der Waals surface area contributed by atoms with Crippen molar-refractivity contribution in [2.75, 3.05) is 0 Å². The highest BCUT2D eigenvalue weighted by Crippen LogP contribution is 2.30. The van der Waals surface area contributed by atoms with Crippen LogP contribution in [0.15, 0.2) is 22.8 Å². The molecule has 0 spiro atoms.